The number of fused-ring (bicyclic) bond motifs is 1. The predicted octanol–water partition coefficient (Wildman–Crippen LogP) is 2.56. The first-order chi connectivity index (χ1) is 11.9. The van der Waals surface area contributed by atoms with Gasteiger partial charge in [-0.15, -0.1) is 0 Å². The Balaban J connectivity index is 1.87. The summed E-state index contributed by atoms with van der Waals surface area (Å²) in [4.78, 5) is 12.5. The highest BCUT2D eigenvalue weighted by molar-refractivity contribution is 7.89. The summed E-state index contributed by atoms with van der Waals surface area (Å²) in [6.45, 7) is 0.151. The summed E-state index contributed by atoms with van der Waals surface area (Å²) in [6.07, 6.45) is 3.02. The molecule has 1 aliphatic rings. The van der Waals surface area contributed by atoms with Gasteiger partial charge in [0.15, 0.2) is 17.3 Å². The lowest BCUT2D eigenvalue weighted by Gasteiger charge is -2.11. The van der Waals surface area contributed by atoms with Gasteiger partial charge in [0.25, 0.3) is 0 Å². The maximum absolute atomic E-state index is 12.4. The van der Waals surface area contributed by atoms with Crippen LogP contribution in [0.3, 0.4) is 0 Å². The molecule has 0 bridgehead atoms. The second-order valence-corrected chi connectivity index (χ2v) is 7.75. The van der Waals surface area contributed by atoms with Gasteiger partial charge in [0.2, 0.25) is 16.8 Å². The predicted molar refractivity (Wildman–Crippen MR) is 93.2 cm³/mol. The third-order valence-electron chi connectivity index (χ3n) is 3.74. The molecule has 0 N–H and O–H groups in total. The van der Waals surface area contributed by atoms with E-state index >= 15 is 0 Å². The van der Waals surface area contributed by atoms with E-state index in [9.17, 15) is 13.2 Å². The molecule has 0 unspecified atom stereocenters. The Labute approximate surface area is 146 Å². The van der Waals surface area contributed by atoms with E-state index in [1.165, 1.54) is 32.3 Å². The van der Waals surface area contributed by atoms with E-state index in [4.69, 9.17) is 9.47 Å². The smallest absolute Gasteiger partial charge is 0.242 e. The number of ether oxygens (including phenoxy) is 2. The van der Waals surface area contributed by atoms with Crippen LogP contribution in [0.2, 0.25) is 0 Å². The lowest BCUT2D eigenvalue weighted by molar-refractivity contribution is 0.104. The van der Waals surface area contributed by atoms with Crippen molar-refractivity contribution in [3.8, 4) is 11.5 Å². The zero-order valence-corrected chi connectivity index (χ0v) is 14.6. The Morgan fingerprint density at radius 2 is 1.88 bits per heavy atom. The third kappa shape index (κ3) is 3.42. The third-order valence-corrected chi connectivity index (χ3v) is 5.55. The molecule has 0 saturated heterocycles. The zero-order chi connectivity index (χ0) is 18.0. The molecule has 0 saturated carbocycles. The molecule has 1 aliphatic heterocycles. The topological polar surface area (TPSA) is 72.9 Å². The summed E-state index contributed by atoms with van der Waals surface area (Å²) in [5, 5.41) is 0. The lowest BCUT2D eigenvalue weighted by Crippen LogP contribution is -2.22. The fourth-order valence-electron chi connectivity index (χ4n) is 2.37. The van der Waals surface area contributed by atoms with Gasteiger partial charge in [0.05, 0.1) is 4.90 Å². The van der Waals surface area contributed by atoms with Crippen molar-refractivity contribution in [1.82, 2.24) is 4.31 Å². The number of hydrogen-bond acceptors (Lipinski definition) is 5. The number of benzene rings is 2. The van der Waals surface area contributed by atoms with Gasteiger partial charge in [-0.1, -0.05) is 24.3 Å². The van der Waals surface area contributed by atoms with E-state index in [1.807, 2.05) is 12.1 Å². The van der Waals surface area contributed by atoms with Crippen LogP contribution < -0.4 is 9.47 Å². The average Bonchev–Trinajstić information content (AvgIpc) is 3.09. The molecule has 25 heavy (non-hydrogen) atoms. The summed E-state index contributed by atoms with van der Waals surface area (Å²) in [7, 11) is -0.695. The zero-order valence-electron chi connectivity index (χ0n) is 13.8. The van der Waals surface area contributed by atoms with Crippen molar-refractivity contribution in [2.75, 3.05) is 20.9 Å². The summed E-state index contributed by atoms with van der Waals surface area (Å²) < 4.78 is 36.2. The molecule has 0 atom stereocenters. The van der Waals surface area contributed by atoms with Crippen molar-refractivity contribution in [3.05, 3.63) is 59.7 Å². The Morgan fingerprint density at radius 1 is 1.12 bits per heavy atom. The molecule has 7 heteroatoms. The van der Waals surface area contributed by atoms with Crippen molar-refractivity contribution >= 4 is 21.9 Å². The molecule has 0 radical (unpaired) electrons. The first-order valence-electron chi connectivity index (χ1n) is 7.53. The van der Waals surface area contributed by atoms with Crippen LogP contribution in [0, 0.1) is 0 Å². The SMILES string of the molecule is CN(C)S(=O)(=O)c1cccc(C(=O)/C=C/c2cccc3c2OCO3)c1. The summed E-state index contributed by atoms with van der Waals surface area (Å²) >= 11 is 0. The van der Waals surface area contributed by atoms with E-state index in [1.54, 1.807) is 24.3 Å². The van der Waals surface area contributed by atoms with Gasteiger partial charge in [-0.05, 0) is 30.4 Å². The van der Waals surface area contributed by atoms with Crippen LogP contribution in [-0.2, 0) is 10.0 Å². The van der Waals surface area contributed by atoms with Gasteiger partial charge in [-0.3, -0.25) is 4.79 Å². The molecule has 130 valence electrons. The van der Waals surface area contributed by atoms with E-state index in [2.05, 4.69) is 0 Å². The molecule has 3 rings (SSSR count). The van der Waals surface area contributed by atoms with Gasteiger partial charge in [-0.2, -0.15) is 0 Å². The summed E-state index contributed by atoms with van der Waals surface area (Å²) in [5.74, 6) is 0.927. The van der Waals surface area contributed by atoms with Gasteiger partial charge >= 0.3 is 0 Å². The molecule has 0 spiro atoms. The van der Waals surface area contributed by atoms with Crippen molar-refractivity contribution in [3.63, 3.8) is 0 Å². The molecule has 0 fully saturated rings. The largest absolute Gasteiger partial charge is 0.454 e. The fraction of sp³-hybridized carbons (Fsp3) is 0.167. The van der Waals surface area contributed by atoms with Crippen LogP contribution in [0.5, 0.6) is 11.5 Å². The summed E-state index contributed by atoms with van der Waals surface area (Å²) in [6, 6.07) is 11.4. The Kier molecular flexibility index (Phi) is 4.61. The van der Waals surface area contributed by atoms with E-state index in [0.717, 1.165) is 9.87 Å². The van der Waals surface area contributed by atoms with E-state index in [0.29, 0.717) is 17.1 Å². The number of nitrogens with zero attached hydrogens (tertiary/aromatic N) is 1. The van der Waals surface area contributed by atoms with Crippen molar-refractivity contribution < 1.29 is 22.7 Å². The van der Waals surface area contributed by atoms with Gasteiger partial charge in [0.1, 0.15) is 0 Å². The molecule has 0 aromatic heterocycles. The number of para-hydroxylation sites is 1. The maximum Gasteiger partial charge on any atom is 0.242 e. The van der Waals surface area contributed by atoms with Crippen LogP contribution in [0.4, 0.5) is 0 Å². The quantitative estimate of drug-likeness (QED) is 0.606. The first-order valence-corrected chi connectivity index (χ1v) is 8.97. The molecule has 6 nitrogen and oxygen atoms in total. The molecule has 1 heterocycles. The van der Waals surface area contributed by atoms with Crippen LogP contribution in [0.25, 0.3) is 6.08 Å². The number of ketones is 1. The highest BCUT2D eigenvalue weighted by Crippen LogP contribution is 2.36. The highest BCUT2D eigenvalue weighted by atomic mass is 32.2. The van der Waals surface area contributed by atoms with Crippen LogP contribution >= 0.6 is 0 Å². The number of carbonyl (C=O) groups excluding carboxylic acids is 1. The van der Waals surface area contributed by atoms with Gasteiger partial charge < -0.3 is 9.47 Å². The van der Waals surface area contributed by atoms with E-state index < -0.39 is 10.0 Å². The van der Waals surface area contributed by atoms with Crippen LogP contribution in [0.1, 0.15) is 15.9 Å². The number of carbonyl (C=O) groups is 1. The molecule has 2 aromatic carbocycles. The van der Waals surface area contributed by atoms with Crippen LogP contribution in [0.15, 0.2) is 53.4 Å². The lowest BCUT2D eigenvalue weighted by atomic mass is 10.1. The Bertz CT molecular complexity index is 948. The number of allylic oxidation sites excluding steroid dienone is 1. The van der Waals surface area contributed by atoms with Crippen molar-refractivity contribution in [2.45, 2.75) is 4.90 Å². The molecular weight excluding hydrogens is 342 g/mol. The second kappa shape index (κ2) is 6.70. The first kappa shape index (κ1) is 17.2. The monoisotopic (exact) mass is 359 g/mol. The highest BCUT2D eigenvalue weighted by Gasteiger charge is 2.19. The number of rotatable bonds is 5. The molecular formula is C18H17NO5S. The fourth-order valence-corrected chi connectivity index (χ4v) is 3.31. The maximum atomic E-state index is 12.4. The van der Waals surface area contributed by atoms with Crippen molar-refractivity contribution in [2.24, 2.45) is 0 Å². The normalized spacial score (nSPS) is 13.6. The molecule has 2 aromatic rings. The molecule has 0 aliphatic carbocycles. The number of hydrogen-bond donors (Lipinski definition) is 0. The minimum Gasteiger partial charge on any atom is -0.454 e. The van der Waals surface area contributed by atoms with Gasteiger partial charge in [0, 0.05) is 25.2 Å². The molecule has 0 amide bonds. The van der Waals surface area contributed by atoms with E-state index in [-0.39, 0.29) is 17.5 Å². The van der Waals surface area contributed by atoms with Crippen molar-refractivity contribution in [1.29, 1.82) is 0 Å². The Morgan fingerprint density at radius 3 is 2.64 bits per heavy atom. The Hall–Kier alpha value is -2.64. The standard InChI is InChI=1S/C18H17NO5S/c1-19(2)25(21,22)15-7-3-6-14(11-15)16(20)10-9-13-5-4-8-17-18(13)24-12-23-17/h3-11H,12H2,1-2H3/b10-9+. The average molecular weight is 359 g/mol. The van der Waals surface area contributed by atoms with Crippen LogP contribution in [-0.4, -0.2) is 39.4 Å². The minimum atomic E-state index is -3.59. The second-order valence-electron chi connectivity index (χ2n) is 5.59. The number of sulfonamides is 1. The van der Waals surface area contributed by atoms with Gasteiger partial charge in [-0.25, -0.2) is 12.7 Å². The minimum absolute atomic E-state index is 0.0779. The summed E-state index contributed by atoms with van der Waals surface area (Å²) in [5.41, 5.74) is 1.02.